The Balaban J connectivity index is 1.78. The molecule has 1 aromatic heterocycles. The average molecular weight is 241 g/mol. The second kappa shape index (κ2) is 4.92. The molecule has 18 heavy (non-hydrogen) atoms. The molecule has 94 valence electrons. The highest BCUT2D eigenvalue weighted by atomic mass is 15.1. The molecule has 3 heteroatoms. The number of aromatic nitrogens is 2. The van der Waals surface area contributed by atoms with Crippen LogP contribution in [0.2, 0.25) is 0 Å². The maximum atomic E-state index is 4.57. The molecule has 0 aliphatic heterocycles. The average Bonchev–Trinajstić information content (AvgIpc) is 2.39. The van der Waals surface area contributed by atoms with E-state index in [2.05, 4.69) is 22.2 Å². The summed E-state index contributed by atoms with van der Waals surface area (Å²) in [5, 5.41) is 4.58. The fourth-order valence-electron chi connectivity index (χ4n) is 2.79. The maximum absolute atomic E-state index is 4.57. The van der Waals surface area contributed by atoms with Gasteiger partial charge in [0.15, 0.2) is 0 Å². The van der Waals surface area contributed by atoms with Crippen molar-refractivity contribution in [2.75, 3.05) is 5.32 Å². The lowest BCUT2D eigenvalue weighted by Gasteiger charge is -2.27. The van der Waals surface area contributed by atoms with E-state index in [1.807, 2.05) is 30.5 Å². The summed E-state index contributed by atoms with van der Waals surface area (Å²) in [4.78, 5) is 8.98. The molecule has 3 nitrogen and oxygen atoms in total. The number of nitrogens with one attached hydrogen (secondary N) is 1. The van der Waals surface area contributed by atoms with Crippen molar-refractivity contribution in [1.29, 1.82) is 0 Å². The normalized spacial score (nSPS) is 24.1. The van der Waals surface area contributed by atoms with Crippen LogP contribution in [0.5, 0.6) is 0 Å². The zero-order chi connectivity index (χ0) is 12.4. The molecule has 1 saturated carbocycles. The first-order chi connectivity index (χ1) is 8.81. The molecule has 3 rings (SSSR count). The van der Waals surface area contributed by atoms with Crippen molar-refractivity contribution >= 4 is 16.9 Å². The van der Waals surface area contributed by atoms with E-state index in [1.165, 1.54) is 25.7 Å². The van der Waals surface area contributed by atoms with Gasteiger partial charge in [-0.05, 0) is 24.8 Å². The van der Waals surface area contributed by atoms with E-state index >= 15 is 0 Å². The van der Waals surface area contributed by atoms with Gasteiger partial charge in [-0.1, -0.05) is 38.0 Å². The molecule has 1 heterocycles. The smallest absolute Gasteiger partial charge is 0.223 e. The standard InChI is InChI=1S/C15H19N3/c1-11-5-4-7-13(9-11)17-15-16-10-12-6-2-3-8-14(12)18-15/h2-3,6,8,10-11,13H,4-5,7,9H2,1H3,(H,16,17,18). The number of hydrogen-bond donors (Lipinski definition) is 1. The van der Waals surface area contributed by atoms with Gasteiger partial charge in [0.2, 0.25) is 5.95 Å². The van der Waals surface area contributed by atoms with Gasteiger partial charge in [-0.15, -0.1) is 0 Å². The van der Waals surface area contributed by atoms with Crippen molar-refractivity contribution < 1.29 is 0 Å². The zero-order valence-corrected chi connectivity index (χ0v) is 10.8. The van der Waals surface area contributed by atoms with Crippen LogP contribution in [-0.4, -0.2) is 16.0 Å². The summed E-state index contributed by atoms with van der Waals surface area (Å²) in [7, 11) is 0. The molecule has 1 N–H and O–H groups in total. The van der Waals surface area contributed by atoms with E-state index in [0.29, 0.717) is 6.04 Å². The van der Waals surface area contributed by atoms with Crippen molar-refractivity contribution in [2.45, 2.75) is 38.6 Å². The number of anilines is 1. The van der Waals surface area contributed by atoms with Gasteiger partial charge >= 0.3 is 0 Å². The van der Waals surface area contributed by atoms with Gasteiger partial charge in [0.05, 0.1) is 5.52 Å². The third-order valence-corrected chi connectivity index (χ3v) is 3.76. The molecule has 1 aliphatic carbocycles. The molecule has 0 saturated heterocycles. The Morgan fingerprint density at radius 1 is 1.22 bits per heavy atom. The summed E-state index contributed by atoms with van der Waals surface area (Å²) in [6.45, 7) is 2.33. The number of hydrogen-bond acceptors (Lipinski definition) is 3. The first-order valence-electron chi connectivity index (χ1n) is 6.79. The molecule has 1 aliphatic rings. The van der Waals surface area contributed by atoms with Gasteiger partial charge in [-0.3, -0.25) is 0 Å². The largest absolute Gasteiger partial charge is 0.351 e. The lowest BCUT2D eigenvalue weighted by Crippen LogP contribution is -2.27. The minimum Gasteiger partial charge on any atom is -0.351 e. The third-order valence-electron chi connectivity index (χ3n) is 3.76. The summed E-state index contributed by atoms with van der Waals surface area (Å²) in [6, 6.07) is 8.64. The Kier molecular flexibility index (Phi) is 3.13. The summed E-state index contributed by atoms with van der Waals surface area (Å²) in [5.41, 5.74) is 1.01. The van der Waals surface area contributed by atoms with Crippen LogP contribution in [0.15, 0.2) is 30.5 Å². The van der Waals surface area contributed by atoms with Crippen LogP contribution in [0.1, 0.15) is 32.6 Å². The molecular weight excluding hydrogens is 222 g/mol. The van der Waals surface area contributed by atoms with Crippen LogP contribution in [0.3, 0.4) is 0 Å². The summed E-state index contributed by atoms with van der Waals surface area (Å²) in [5.74, 6) is 1.59. The Bertz CT molecular complexity index is 538. The third kappa shape index (κ3) is 2.45. The number of nitrogens with zero attached hydrogens (tertiary/aromatic N) is 2. The van der Waals surface area contributed by atoms with E-state index in [-0.39, 0.29) is 0 Å². The SMILES string of the molecule is CC1CCCC(Nc2ncc3ccccc3n2)C1. The number of benzene rings is 1. The number of para-hydroxylation sites is 1. The minimum atomic E-state index is 0.537. The second-order valence-electron chi connectivity index (χ2n) is 5.37. The Morgan fingerprint density at radius 3 is 3.00 bits per heavy atom. The molecule has 2 atom stereocenters. The number of fused-ring (bicyclic) bond motifs is 1. The van der Waals surface area contributed by atoms with Gasteiger partial charge in [0.25, 0.3) is 0 Å². The first-order valence-corrected chi connectivity index (χ1v) is 6.79. The Labute approximate surface area is 108 Å². The predicted octanol–water partition coefficient (Wildman–Crippen LogP) is 3.62. The lowest BCUT2D eigenvalue weighted by atomic mass is 9.87. The molecule has 1 aromatic carbocycles. The van der Waals surface area contributed by atoms with E-state index < -0.39 is 0 Å². The van der Waals surface area contributed by atoms with E-state index in [4.69, 9.17) is 0 Å². The van der Waals surface area contributed by atoms with Crippen LogP contribution in [0, 0.1) is 5.92 Å². The molecule has 0 spiro atoms. The van der Waals surface area contributed by atoms with Crippen LogP contribution < -0.4 is 5.32 Å². The van der Waals surface area contributed by atoms with Gasteiger partial charge in [-0.2, -0.15) is 0 Å². The first kappa shape index (κ1) is 11.5. The minimum absolute atomic E-state index is 0.537. The second-order valence-corrected chi connectivity index (χ2v) is 5.37. The van der Waals surface area contributed by atoms with Crippen molar-refractivity contribution in [2.24, 2.45) is 5.92 Å². The lowest BCUT2D eigenvalue weighted by molar-refractivity contribution is 0.358. The highest BCUT2D eigenvalue weighted by Gasteiger charge is 2.19. The highest BCUT2D eigenvalue weighted by molar-refractivity contribution is 5.78. The van der Waals surface area contributed by atoms with Gasteiger partial charge in [-0.25, -0.2) is 9.97 Å². The van der Waals surface area contributed by atoms with Crippen molar-refractivity contribution in [3.8, 4) is 0 Å². The van der Waals surface area contributed by atoms with Gasteiger partial charge < -0.3 is 5.32 Å². The predicted molar refractivity (Wildman–Crippen MR) is 74.6 cm³/mol. The quantitative estimate of drug-likeness (QED) is 0.872. The van der Waals surface area contributed by atoms with Crippen LogP contribution in [0.4, 0.5) is 5.95 Å². The zero-order valence-electron chi connectivity index (χ0n) is 10.8. The van der Waals surface area contributed by atoms with Crippen molar-refractivity contribution in [3.63, 3.8) is 0 Å². The molecular formula is C15H19N3. The topological polar surface area (TPSA) is 37.8 Å². The van der Waals surface area contributed by atoms with Crippen molar-refractivity contribution in [1.82, 2.24) is 9.97 Å². The molecule has 0 amide bonds. The molecule has 0 bridgehead atoms. The fraction of sp³-hybridized carbons (Fsp3) is 0.467. The van der Waals surface area contributed by atoms with Crippen LogP contribution in [-0.2, 0) is 0 Å². The monoisotopic (exact) mass is 241 g/mol. The van der Waals surface area contributed by atoms with E-state index in [9.17, 15) is 0 Å². The molecule has 1 fully saturated rings. The Hall–Kier alpha value is -1.64. The van der Waals surface area contributed by atoms with Crippen LogP contribution >= 0.6 is 0 Å². The number of rotatable bonds is 2. The summed E-state index contributed by atoms with van der Waals surface area (Å²) in [6.07, 6.45) is 7.04. The summed E-state index contributed by atoms with van der Waals surface area (Å²) < 4.78 is 0. The highest BCUT2D eigenvalue weighted by Crippen LogP contribution is 2.25. The van der Waals surface area contributed by atoms with Crippen molar-refractivity contribution in [3.05, 3.63) is 30.5 Å². The fourth-order valence-corrected chi connectivity index (χ4v) is 2.79. The van der Waals surface area contributed by atoms with E-state index in [0.717, 1.165) is 22.8 Å². The van der Waals surface area contributed by atoms with Gasteiger partial charge in [0.1, 0.15) is 0 Å². The Morgan fingerprint density at radius 2 is 2.11 bits per heavy atom. The van der Waals surface area contributed by atoms with Crippen LogP contribution in [0.25, 0.3) is 10.9 Å². The molecule has 2 unspecified atom stereocenters. The van der Waals surface area contributed by atoms with E-state index in [1.54, 1.807) is 0 Å². The van der Waals surface area contributed by atoms with Gasteiger partial charge in [0, 0.05) is 17.6 Å². The maximum Gasteiger partial charge on any atom is 0.223 e. The summed E-state index contributed by atoms with van der Waals surface area (Å²) >= 11 is 0. The molecule has 2 aromatic rings. The molecule has 0 radical (unpaired) electrons.